The zero-order chi connectivity index (χ0) is 34.4. The molecule has 0 atom stereocenters. The fourth-order valence-electron chi connectivity index (χ4n) is 5.78. The van der Waals surface area contributed by atoms with Gasteiger partial charge in [0.2, 0.25) is 11.8 Å². The van der Waals surface area contributed by atoms with Gasteiger partial charge >= 0.3 is 18.3 Å². The van der Waals surface area contributed by atoms with Gasteiger partial charge in [0.1, 0.15) is 6.61 Å². The second kappa shape index (κ2) is 15.5. The molecule has 0 unspecified atom stereocenters. The van der Waals surface area contributed by atoms with Crippen LogP contribution in [0, 0.1) is 5.92 Å². The summed E-state index contributed by atoms with van der Waals surface area (Å²) in [4.78, 5) is 38.3. The van der Waals surface area contributed by atoms with E-state index in [1.165, 1.54) is 18.1 Å². The van der Waals surface area contributed by atoms with Crippen molar-refractivity contribution in [2.45, 2.75) is 60.3 Å². The minimum Gasteiger partial charge on any atom is -0.481 e. The molecule has 0 aromatic heterocycles. The number of carboxylic acids is 1. The molecule has 47 heavy (non-hydrogen) atoms. The van der Waals surface area contributed by atoms with Crippen molar-refractivity contribution in [3.63, 3.8) is 0 Å². The maximum Gasteiger partial charge on any atom is 0.418 e. The van der Waals surface area contributed by atoms with Crippen LogP contribution in [0.4, 0.5) is 32.0 Å². The Hall–Kier alpha value is -3.72. The smallest absolute Gasteiger partial charge is 0.418 e. The maximum absolute atomic E-state index is 14.4. The first-order chi connectivity index (χ1) is 22.2. The van der Waals surface area contributed by atoms with Crippen LogP contribution in [-0.2, 0) is 31.5 Å². The average molecular weight is 688 g/mol. The third kappa shape index (κ3) is 9.89. The van der Waals surface area contributed by atoms with E-state index in [4.69, 9.17) is 9.84 Å². The predicted octanol–water partition coefficient (Wildman–Crippen LogP) is 6.65. The molecule has 4 rings (SSSR count). The van der Waals surface area contributed by atoms with Crippen molar-refractivity contribution < 1.29 is 50.6 Å². The fourth-order valence-corrected chi connectivity index (χ4v) is 6.82. The van der Waals surface area contributed by atoms with Crippen molar-refractivity contribution in [2.75, 3.05) is 45.2 Å². The fraction of sp³-hybridized carbons (Fsp3) is 0.469. The van der Waals surface area contributed by atoms with Gasteiger partial charge in [-0.3, -0.25) is 14.4 Å². The molecule has 2 amide bonds. The van der Waals surface area contributed by atoms with E-state index in [0.29, 0.717) is 56.2 Å². The van der Waals surface area contributed by atoms with Crippen LogP contribution in [0.15, 0.2) is 52.3 Å². The lowest BCUT2D eigenvalue weighted by molar-refractivity contribution is -0.163. The van der Waals surface area contributed by atoms with E-state index in [0.717, 1.165) is 24.3 Å². The van der Waals surface area contributed by atoms with Gasteiger partial charge < -0.3 is 25.0 Å². The van der Waals surface area contributed by atoms with Gasteiger partial charge in [0.05, 0.1) is 11.1 Å². The number of hydrogen-bond acceptors (Lipinski definition) is 6. The summed E-state index contributed by atoms with van der Waals surface area (Å²) in [5, 5.41) is 12.2. The lowest BCUT2D eigenvalue weighted by atomic mass is 9.93. The number of carboxylic acid groups (broad SMARTS) is 1. The Morgan fingerprint density at radius 2 is 1.57 bits per heavy atom. The van der Waals surface area contributed by atoms with Crippen LogP contribution in [0.2, 0.25) is 0 Å². The SMILES string of the molecule is COCC(=O)N1CCC(Nc2cccc(Sc3ccc(/C=C/C(=O)N4CCC(CC(=O)O)CC4)c(C(F)(F)F)c3C(F)(F)F)c2)CC1. The number of ether oxygens (including phenoxy) is 1. The van der Waals surface area contributed by atoms with Gasteiger partial charge in [-0.05, 0) is 67.5 Å². The number of nitrogens with one attached hydrogen (secondary N) is 1. The highest BCUT2D eigenvalue weighted by Gasteiger charge is 2.46. The topological polar surface area (TPSA) is 99.2 Å². The Balaban J connectivity index is 1.52. The number of amides is 2. The molecule has 256 valence electrons. The molecule has 2 aliphatic heterocycles. The van der Waals surface area contributed by atoms with Gasteiger partial charge in [-0.2, -0.15) is 26.3 Å². The second-order valence-electron chi connectivity index (χ2n) is 11.5. The first-order valence-corrected chi connectivity index (χ1v) is 15.8. The summed E-state index contributed by atoms with van der Waals surface area (Å²) >= 11 is 0.550. The number of piperidine rings is 2. The molecule has 2 saturated heterocycles. The van der Waals surface area contributed by atoms with Crippen molar-refractivity contribution in [3.8, 4) is 0 Å². The van der Waals surface area contributed by atoms with Crippen LogP contribution in [0.25, 0.3) is 6.08 Å². The normalized spacial score (nSPS) is 16.9. The first kappa shape index (κ1) is 36.1. The summed E-state index contributed by atoms with van der Waals surface area (Å²) in [5.41, 5.74) is -3.95. The van der Waals surface area contributed by atoms with Gasteiger partial charge in [-0.15, -0.1) is 0 Å². The van der Waals surface area contributed by atoms with E-state index in [9.17, 15) is 40.7 Å². The zero-order valence-corrected chi connectivity index (χ0v) is 26.3. The van der Waals surface area contributed by atoms with Gasteiger partial charge in [0.15, 0.2) is 0 Å². The number of nitrogens with zero attached hydrogens (tertiary/aromatic N) is 2. The van der Waals surface area contributed by atoms with Crippen LogP contribution in [0.1, 0.15) is 48.8 Å². The molecule has 0 bridgehead atoms. The number of methoxy groups -OCH3 is 1. The number of carbonyl (C=O) groups is 3. The second-order valence-corrected chi connectivity index (χ2v) is 12.6. The van der Waals surface area contributed by atoms with Crippen LogP contribution in [0.5, 0.6) is 0 Å². The Morgan fingerprint density at radius 3 is 2.17 bits per heavy atom. The van der Waals surface area contributed by atoms with E-state index in [-0.39, 0.29) is 48.9 Å². The van der Waals surface area contributed by atoms with Crippen LogP contribution < -0.4 is 5.32 Å². The van der Waals surface area contributed by atoms with Gasteiger partial charge in [0, 0.05) is 67.3 Å². The highest BCUT2D eigenvalue weighted by atomic mass is 32.2. The third-order valence-corrected chi connectivity index (χ3v) is 9.16. The summed E-state index contributed by atoms with van der Waals surface area (Å²) in [6.07, 6.45) is -7.19. The molecule has 15 heteroatoms. The van der Waals surface area contributed by atoms with Crippen molar-refractivity contribution in [3.05, 3.63) is 59.2 Å². The summed E-state index contributed by atoms with van der Waals surface area (Å²) in [7, 11) is 1.44. The van der Waals surface area contributed by atoms with E-state index >= 15 is 0 Å². The molecule has 0 aliphatic carbocycles. The van der Waals surface area contributed by atoms with Crippen molar-refractivity contribution in [1.82, 2.24) is 9.80 Å². The maximum atomic E-state index is 14.4. The van der Waals surface area contributed by atoms with Crippen LogP contribution in [0.3, 0.4) is 0 Å². The standard InChI is InChI=1S/C32H35F6N3O5S/c1-46-19-27(43)41-15-11-22(12-16-41)39-23-3-2-4-24(18-23)47-25-7-5-21(29(31(33,34)35)30(25)32(36,37)38)6-8-26(42)40-13-9-20(10-14-40)17-28(44)45/h2-8,18,20,22,39H,9-17,19H2,1H3,(H,44,45)/b8-6+. The van der Waals surface area contributed by atoms with Crippen LogP contribution >= 0.6 is 11.8 Å². The van der Waals surface area contributed by atoms with E-state index in [2.05, 4.69) is 5.32 Å². The highest BCUT2D eigenvalue weighted by molar-refractivity contribution is 7.99. The number of likely N-dealkylation sites (tertiary alicyclic amines) is 2. The molecule has 0 saturated carbocycles. The molecule has 8 nitrogen and oxygen atoms in total. The summed E-state index contributed by atoms with van der Waals surface area (Å²) in [5.74, 6) is -1.89. The third-order valence-electron chi connectivity index (χ3n) is 8.11. The number of aliphatic carboxylic acids is 1. The largest absolute Gasteiger partial charge is 0.481 e. The van der Waals surface area contributed by atoms with Crippen LogP contribution in [-0.4, -0.2) is 78.6 Å². The molecular formula is C32H35F6N3O5S. The molecule has 0 radical (unpaired) electrons. The minimum absolute atomic E-state index is 0.0146. The van der Waals surface area contributed by atoms with E-state index in [1.54, 1.807) is 23.1 Å². The molecule has 2 heterocycles. The summed E-state index contributed by atoms with van der Waals surface area (Å²) in [6, 6.07) is 8.23. The van der Waals surface area contributed by atoms with Crippen molar-refractivity contribution >= 4 is 41.3 Å². The number of halogens is 6. The van der Waals surface area contributed by atoms with Gasteiger partial charge in [-0.25, -0.2) is 0 Å². The average Bonchev–Trinajstić information content (AvgIpc) is 3.00. The lowest BCUT2D eigenvalue weighted by Gasteiger charge is -2.32. The van der Waals surface area contributed by atoms with Crippen molar-refractivity contribution in [2.24, 2.45) is 5.92 Å². The number of hydrogen-bond donors (Lipinski definition) is 2. The monoisotopic (exact) mass is 687 g/mol. The minimum atomic E-state index is -5.39. The number of benzene rings is 2. The predicted molar refractivity (Wildman–Crippen MR) is 163 cm³/mol. The number of rotatable bonds is 10. The molecule has 2 aromatic carbocycles. The molecule has 2 N–H and O–H groups in total. The number of anilines is 1. The van der Waals surface area contributed by atoms with Gasteiger partial charge in [-0.1, -0.05) is 23.9 Å². The number of carbonyl (C=O) groups excluding carboxylic acids is 2. The van der Waals surface area contributed by atoms with Crippen molar-refractivity contribution in [1.29, 1.82) is 0 Å². The number of alkyl halides is 6. The van der Waals surface area contributed by atoms with Gasteiger partial charge in [0.25, 0.3) is 0 Å². The molecular weight excluding hydrogens is 652 g/mol. The lowest BCUT2D eigenvalue weighted by Crippen LogP contribution is -2.43. The quantitative estimate of drug-likeness (QED) is 0.213. The van der Waals surface area contributed by atoms with E-state index < -0.39 is 45.8 Å². The Morgan fingerprint density at radius 1 is 0.936 bits per heavy atom. The Labute approximate surface area is 272 Å². The Kier molecular flexibility index (Phi) is 11.9. The van der Waals surface area contributed by atoms with E-state index in [1.807, 2.05) is 0 Å². The molecule has 0 spiro atoms. The first-order valence-electron chi connectivity index (χ1n) is 15.0. The highest BCUT2D eigenvalue weighted by Crippen LogP contribution is 2.48. The molecule has 2 fully saturated rings. The summed E-state index contributed by atoms with van der Waals surface area (Å²) in [6.45, 7) is 1.37. The summed E-state index contributed by atoms with van der Waals surface area (Å²) < 4.78 is 90.9. The molecule has 2 aliphatic rings. The zero-order valence-electron chi connectivity index (χ0n) is 25.5. The Bertz CT molecular complexity index is 1470. The molecule has 2 aromatic rings.